The third-order valence-corrected chi connectivity index (χ3v) is 8.45. The molecular weight excluding hydrogens is 406 g/mol. The van der Waals surface area contributed by atoms with Gasteiger partial charge in [-0.05, 0) is 48.3 Å². The highest BCUT2D eigenvalue weighted by molar-refractivity contribution is 5.89. The smallest absolute Gasteiger partial charge is 0.242 e. The van der Waals surface area contributed by atoms with E-state index in [0.29, 0.717) is 30.2 Å². The molecule has 176 valence electrons. The van der Waals surface area contributed by atoms with E-state index in [1.807, 2.05) is 18.2 Å². The molecule has 1 N–H and O–H groups in total. The highest BCUT2D eigenvalue weighted by Gasteiger charge is 2.70. The molecule has 5 atom stereocenters. The standard InChI is InChI=1S/C29H39N3O/c1-4-32-19-24-16-25-20-31(18-21(2)3)27(26(24)15-22-11-7-5-8-12-22)29(25,32)28(33)30-17-23-13-9-6-10-14-23/h5-14,21,24-27H,4,15-20H2,1-3H3,(H,30,33)/t24-,25-,26+,27-,29-/m0/s1. The maximum atomic E-state index is 14.2. The van der Waals surface area contributed by atoms with Gasteiger partial charge in [0.2, 0.25) is 5.91 Å². The lowest BCUT2D eigenvalue weighted by atomic mass is 9.57. The van der Waals surface area contributed by atoms with E-state index in [9.17, 15) is 4.79 Å². The predicted octanol–water partition coefficient (Wildman–Crippen LogP) is 4.21. The molecule has 1 saturated carbocycles. The van der Waals surface area contributed by atoms with Crippen LogP contribution in [0.2, 0.25) is 0 Å². The number of hydrogen-bond donors (Lipinski definition) is 1. The number of hydrogen-bond acceptors (Lipinski definition) is 3. The monoisotopic (exact) mass is 445 g/mol. The molecule has 6 rings (SSSR count). The van der Waals surface area contributed by atoms with E-state index in [0.717, 1.165) is 32.6 Å². The molecular formula is C29H39N3O. The number of nitrogens with one attached hydrogen (secondary N) is 1. The Bertz CT molecular complexity index is 946. The average Bonchev–Trinajstić information content (AvgIpc) is 3.09. The summed E-state index contributed by atoms with van der Waals surface area (Å²) in [6.45, 7) is 11.6. The van der Waals surface area contributed by atoms with Crippen molar-refractivity contribution in [2.24, 2.45) is 23.7 Å². The van der Waals surface area contributed by atoms with Gasteiger partial charge in [0.05, 0.1) is 0 Å². The molecule has 0 unspecified atom stereocenters. The second-order valence-electron chi connectivity index (χ2n) is 10.9. The number of nitrogens with zero attached hydrogens (tertiary/aromatic N) is 2. The lowest BCUT2D eigenvalue weighted by Crippen LogP contribution is -2.77. The summed E-state index contributed by atoms with van der Waals surface area (Å²) in [6.07, 6.45) is 2.25. The lowest BCUT2D eigenvalue weighted by molar-refractivity contribution is -0.160. The second kappa shape index (κ2) is 9.23. The third kappa shape index (κ3) is 3.91. The van der Waals surface area contributed by atoms with Crippen LogP contribution < -0.4 is 5.32 Å². The van der Waals surface area contributed by atoms with Crippen LogP contribution in [0.1, 0.15) is 38.3 Å². The van der Waals surface area contributed by atoms with Crippen LogP contribution in [-0.2, 0) is 17.8 Å². The van der Waals surface area contributed by atoms with Gasteiger partial charge in [-0.2, -0.15) is 0 Å². The molecule has 3 heterocycles. The Morgan fingerprint density at radius 3 is 2.33 bits per heavy atom. The Morgan fingerprint density at radius 1 is 1.03 bits per heavy atom. The fraction of sp³-hybridized carbons (Fsp3) is 0.552. The number of likely N-dealkylation sites (tertiary alicyclic amines) is 1. The zero-order valence-corrected chi connectivity index (χ0v) is 20.4. The summed E-state index contributed by atoms with van der Waals surface area (Å²) in [6, 6.07) is 21.6. The molecule has 3 saturated heterocycles. The number of amides is 1. The summed E-state index contributed by atoms with van der Waals surface area (Å²) in [7, 11) is 0. The summed E-state index contributed by atoms with van der Waals surface area (Å²) < 4.78 is 0. The van der Waals surface area contributed by atoms with Gasteiger partial charge in [0, 0.05) is 38.1 Å². The van der Waals surface area contributed by atoms with E-state index in [4.69, 9.17) is 0 Å². The lowest BCUT2D eigenvalue weighted by Gasteiger charge is -2.61. The first-order valence-electron chi connectivity index (χ1n) is 12.9. The largest absolute Gasteiger partial charge is 0.350 e. The molecule has 2 aromatic carbocycles. The third-order valence-electron chi connectivity index (χ3n) is 8.45. The highest BCUT2D eigenvalue weighted by Crippen LogP contribution is 2.57. The predicted molar refractivity (Wildman–Crippen MR) is 134 cm³/mol. The number of likely N-dealkylation sites (N-methyl/N-ethyl adjacent to an activating group) is 1. The van der Waals surface area contributed by atoms with E-state index in [2.05, 4.69) is 78.4 Å². The number of rotatable bonds is 8. The molecule has 3 aliphatic heterocycles. The SMILES string of the molecule is CCN1C[C@@H]2C[C@H]3CN(CC(C)C)[C@@H]([C@@H]2Cc2ccccc2)[C@]31C(=O)NCc1ccccc1. The first-order valence-corrected chi connectivity index (χ1v) is 12.9. The Labute approximate surface area is 199 Å². The van der Waals surface area contributed by atoms with Crippen molar-refractivity contribution < 1.29 is 4.79 Å². The van der Waals surface area contributed by atoms with Gasteiger partial charge < -0.3 is 5.32 Å². The van der Waals surface area contributed by atoms with Crippen molar-refractivity contribution in [1.29, 1.82) is 0 Å². The van der Waals surface area contributed by atoms with Gasteiger partial charge in [-0.15, -0.1) is 0 Å². The fourth-order valence-electron chi connectivity index (χ4n) is 7.39. The van der Waals surface area contributed by atoms with Gasteiger partial charge >= 0.3 is 0 Å². The average molecular weight is 446 g/mol. The molecule has 4 nitrogen and oxygen atoms in total. The van der Waals surface area contributed by atoms with Crippen molar-refractivity contribution in [1.82, 2.24) is 15.1 Å². The van der Waals surface area contributed by atoms with Crippen molar-refractivity contribution in [2.45, 2.75) is 51.7 Å². The molecule has 33 heavy (non-hydrogen) atoms. The van der Waals surface area contributed by atoms with Crippen molar-refractivity contribution >= 4 is 5.91 Å². The zero-order valence-electron chi connectivity index (χ0n) is 20.4. The molecule has 0 radical (unpaired) electrons. The minimum Gasteiger partial charge on any atom is -0.350 e. The van der Waals surface area contributed by atoms with Gasteiger partial charge in [0.25, 0.3) is 0 Å². The van der Waals surface area contributed by atoms with Crippen LogP contribution in [0.3, 0.4) is 0 Å². The number of benzene rings is 2. The van der Waals surface area contributed by atoms with E-state index < -0.39 is 5.54 Å². The zero-order chi connectivity index (χ0) is 23.0. The van der Waals surface area contributed by atoms with Crippen LogP contribution in [0, 0.1) is 23.7 Å². The molecule has 4 bridgehead atoms. The maximum absolute atomic E-state index is 14.2. The fourth-order valence-corrected chi connectivity index (χ4v) is 7.39. The van der Waals surface area contributed by atoms with Gasteiger partial charge in [-0.3, -0.25) is 14.6 Å². The van der Waals surface area contributed by atoms with E-state index in [-0.39, 0.29) is 11.9 Å². The topological polar surface area (TPSA) is 35.6 Å². The first kappa shape index (κ1) is 22.6. The summed E-state index contributed by atoms with van der Waals surface area (Å²) in [5.74, 6) is 2.46. The molecule has 4 fully saturated rings. The van der Waals surface area contributed by atoms with Gasteiger partial charge in [-0.25, -0.2) is 0 Å². The molecule has 1 aliphatic carbocycles. The molecule has 0 spiro atoms. The van der Waals surface area contributed by atoms with Gasteiger partial charge in [0.1, 0.15) is 5.54 Å². The van der Waals surface area contributed by atoms with E-state index in [1.54, 1.807) is 0 Å². The van der Waals surface area contributed by atoms with Crippen molar-refractivity contribution in [2.75, 3.05) is 26.2 Å². The number of carbonyl (C=O) groups is 1. The first-order chi connectivity index (χ1) is 16.0. The van der Waals surface area contributed by atoms with Crippen LogP contribution in [0.5, 0.6) is 0 Å². The summed E-state index contributed by atoms with van der Waals surface area (Å²) >= 11 is 0. The van der Waals surface area contributed by atoms with Crippen LogP contribution >= 0.6 is 0 Å². The van der Waals surface area contributed by atoms with Gasteiger partial charge in [0.15, 0.2) is 0 Å². The Hall–Kier alpha value is -2.17. The number of fused-ring (bicyclic) bond motifs is 1. The Kier molecular flexibility index (Phi) is 6.32. The number of carbonyl (C=O) groups excluding carboxylic acids is 1. The second-order valence-corrected chi connectivity index (χ2v) is 10.9. The molecule has 0 aromatic heterocycles. The quantitative estimate of drug-likeness (QED) is 0.661. The van der Waals surface area contributed by atoms with Crippen LogP contribution in [-0.4, -0.2) is 53.5 Å². The normalized spacial score (nSPS) is 31.3. The van der Waals surface area contributed by atoms with Crippen molar-refractivity contribution in [3.63, 3.8) is 0 Å². The van der Waals surface area contributed by atoms with Crippen LogP contribution in [0.15, 0.2) is 60.7 Å². The van der Waals surface area contributed by atoms with E-state index >= 15 is 0 Å². The van der Waals surface area contributed by atoms with Crippen LogP contribution in [0.25, 0.3) is 0 Å². The summed E-state index contributed by atoms with van der Waals surface area (Å²) in [5, 5.41) is 3.40. The number of piperidine rings is 2. The van der Waals surface area contributed by atoms with E-state index in [1.165, 1.54) is 17.5 Å². The molecule has 4 aliphatic rings. The molecule has 4 heteroatoms. The maximum Gasteiger partial charge on any atom is 0.242 e. The minimum atomic E-state index is -0.410. The van der Waals surface area contributed by atoms with Crippen LogP contribution in [0.4, 0.5) is 0 Å². The molecule has 1 amide bonds. The summed E-state index contributed by atoms with van der Waals surface area (Å²) in [4.78, 5) is 19.5. The minimum absolute atomic E-state index is 0.255. The van der Waals surface area contributed by atoms with Crippen molar-refractivity contribution in [3.8, 4) is 0 Å². The molecule has 2 aromatic rings. The van der Waals surface area contributed by atoms with Gasteiger partial charge in [-0.1, -0.05) is 81.4 Å². The Balaban J connectivity index is 1.50. The van der Waals surface area contributed by atoms with Crippen molar-refractivity contribution in [3.05, 3.63) is 71.8 Å². The Morgan fingerprint density at radius 2 is 1.70 bits per heavy atom. The summed E-state index contributed by atoms with van der Waals surface area (Å²) in [5.41, 5.74) is 2.17. The highest BCUT2D eigenvalue weighted by atomic mass is 16.2.